The molecule has 0 aliphatic heterocycles. The van der Waals surface area contributed by atoms with Gasteiger partial charge in [0.1, 0.15) is 0 Å². The summed E-state index contributed by atoms with van der Waals surface area (Å²) in [6.45, 7) is 4.69. The number of benzene rings is 2. The number of hydrogen-bond donors (Lipinski definition) is 1. The van der Waals surface area contributed by atoms with Gasteiger partial charge in [0, 0.05) is 45.1 Å². The van der Waals surface area contributed by atoms with E-state index in [0.29, 0.717) is 23.7 Å². The Kier molecular flexibility index (Phi) is 8.64. The maximum atomic E-state index is 13.4. The second-order valence-corrected chi connectivity index (χ2v) is 11.1. The monoisotopic (exact) mass is 494 g/mol. The van der Waals surface area contributed by atoms with Crippen molar-refractivity contribution in [2.45, 2.75) is 37.1 Å². The third kappa shape index (κ3) is 6.46. The number of hydrogen-bond acceptors (Lipinski definition) is 5. The molecule has 0 saturated carbocycles. The molecule has 35 heavy (non-hydrogen) atoms. The average Bonchev–Trinajstić information content (AvgIpc) is 2.88. The van der Waals surface area contributed by atoms with Gasteiger partial charge in [0.2, 0.25) is 10.0 Å². The van der Waals surface area contributed by atoms with Gasteiger partial charge in [-0.3, -0.25) is 9.78 Å². The predicted molar refractivity (Wildman–Crippen MR) is 140 cm³/mol. The van der Waals surface area contributed by atoms with Crippen LogP contribution in [0, 0.1) is 0 Å². The molecule has 3 rings (SSSR count). The Labute approximate surface area is 208 Å². The van der Waals surface area contributed by atoms with E-state index in [2.05, 4.69) is 29.4 Å². The van der Waals surface area contributed by atoms with Gasteiger partial charge in [0.25, 0.3) is 5.91 Å². The molecule has 8 heteroatoms. The van der Waals surface area contributed by atoms with E-state index < -0.39 is 10.0 Å². The van der Waals surface area contributed by atoms with Crippen molar-refractivity contribution in [1.29, 1.82) is 0 Å². The Morgan fingerprint density at radius 2 is 1.66 bits per heavy atom. The largest absolute Gasteiger partial charge is 0.385 e. The summed E-state index contributed by atoms with van der Waals surface area (Å²) in [5.74, 6) is 0.0588. The second-order valence-electron chi connectivity index (χ2n) is 8.91. The van der Waals surface area contributed by atoms with Gasteiger partial charge >= 0.3 is 0 Å². The highest BCUT2D eigenvalue weighted by Crippen LogP contribution is 2.25. The van der Waals surface area contributed by atoms with Crippen molar-refractivity contribution in [3.05, 3.63) is 89.7 Å². The topological polar surface area (TPSA) is 82.6 Å². The van der Waals surface area contributed by atoms with Crippen LogP contribution in [0.5, 0.6) is 0 Å². The summed E-state index contributed by atoms with van der Waals surface area (Å²) in [5.41, 5.74) is 2.90. The number of rotatable bonds is 10. The van der Waals surface area contributed by atoms with Crippen LogP contribution >= 0.6 is 0 Å². The number of nitrogens with one attached hydrogen (secondary N) is 1. The van der Waals surface area contributed by atoms with Crippen molar-refractivity contribution >= 4 is 21.6 Å². The molecule has 1 N–H and O–H groups in total. The maximum absolute atomic E-state index is 13.4. The van der Waals surface area contributed by atoms with E-state index in [-0.39, 0.29) is 16.8 Å². The van der Waals surface area contributed by atoms with E-state index in [1.54, 1.807) is 30.3 Å². The number of aromatic nitrogens is 1. The lowest BCUT2D eigenvalue weighted by Gasteiger charge is -2.25. The zero-order valence-electron chi connectivity index (χ0n) is 21.0. The molecule has 0 spiro atoms. The van der Waals surface area contributed by atoms with Crippen LogP contribution < -0.4 is 5.32 Å². The fraction of sp³-hybridized carbons (Fsp3) is 0.333. The van der Waals surface area contributed by atoms with Crippen LogP contribution in [0.3, 0.4) is 0 Å². The van der Waals surface area contributed by atoms with Gasteiger partial charge < -0.3 is 10.2 Å². The molecule has 0 saturated heterocycles. The molecule has 3 aromatic rings. The molecule has 1 amide bonds. The lowest BCUT2D eigenvalue weighted by atomic mass is 9.98. The molecule has 1 aromatic heterocycles. The molecule has 0 unspecified atom stereocenters. The molecule has 186 valence electrons. The fourth-order valence-electron chi connectivity index (χ4n) is 3.77. The molecule has 2 aromatic carbocycles. The quantitative estimate of drug-likeness (QED) is 0.439. The van der Waals surface area contributed by atoms with Gasteiger partial charge in [-0.15, -0.1) is 0 Å². The number of anilines is 1. The molecule has 7 nitrogen and oxygen atoms in total. The number of pyridine rings is 1. The van der Waals surface area contributed by atoms with Crippen molar-refractivity contribution in [1.82, 2.24) is 14.2 Å². The minimum absolute atomic E-state index is 0.0749. The molecule has 0 aliphatic rings. The minimum Gasteiger partial charge on any atom is -0.385 e. The first-order valence-electron chi connectivity index (χ1n) is 11.7. The van der Waals surface area contributed by atoms with Crippen LogP contribution in [0.25, 0.3) is 0 Å². The van der Waals surface area contributed by atoms with E-state index in [1.165, 1.54) is 25.7 Å². The number of carbonyl (C=O) groups is 1. The van der Waals surface area contributed by atoms with Gasteiger partial charge in [0.05, 0.1) is 16.6 Å². The maximum Gasteiger partial charge on any atom is 0.254 e. The standard InChI is InChI=1S/C27H34N4O3S/c1-20(22-11-7-6-8-12-22)14-16-28-24-17-23(18-25(19-24)35(33,34)30(3)4)27(32)31(5)21(2)26-13-9-10-15-29-26/h6-13,15,17-21,28H,14,16H2,1-5H3/t20-,21+/m0/s1. The van der Waals surface area contributed by atoms with Gasteiger partial charge in [-0.05, 0) is 55.2 Å². The van der Waals surface area contributed by atoms with Gasteiger partial charge in [-0.25, -0.2) is 12.7 Å². The highest BCUT2D eigenvalue weighted by molar-refractivity contribution is 7.89. The summed E-state index contributed by atoms with van der Waals surface area (Å²) in [6, 6.07) is 20.3. The summed E-state index contributed by atoms with van der Waals surface area (Å²) in [6.07, 6.45) is 2.54. The molecule has 0 aliphatic carbocycles. The second kappa shape index (κ2) is 11.5. The van der Waals surface area contributed by atoms with Gasteiger partial charge in [0.15, 0.2) is 0 Å². The zero-order chi connectivity index (χ0) is 25.6. The van der Waals surface area contributed by atoms with Crippen LogP contribution in [0.2, 0.25) is 0 Å². The fourth-order valence-corrected chi connectivity index (χ4v) is 4.74. The predicted octanol–water partition coefficient (Wildman–Crippen LogP) is 4.77. The van der Waals surface area contributed by atoms with Crippen molar-refractivity contribution in [3.8, 4) is 0 Å². The van der Waals surface area contributed by atoms with E-state index in [0.717, 1.165) is 16.4 Å². The first-order valence-corrected chi connectivity index (χ1v) is 13.1. The van der Waals surface area contributed by atoms with E-state index in [9.17, 15) is 13.2 Å². The van der Waals surface area contributed by atoms with Crippen LogP contribution in [0.15, 0.2) is 77.8 Å². The highest BCUT2D eigenvalue weighted by atomic mass is 32.2. The Morgan fingerprint density at radius 1 is 0.971 bits per heavy atom. The van der Waals surface area contributed by atoms with Crippen LogP contribution in [0.1, 0.15) is 53.8 Å². The molecule has 1 heterocycles. The summed E-state index contributed by atoms with van der Waals surface area (Å²) in [4.78, 5) is 19.4. The SMILES string of the molecule is C[C@H](c1ccccn1)N(C)C(=O)c1cc(NCC[C@H](C)c2ccccc2)cc(S(=O)(=O)N(C)C)c1. The smallest absolute Gasteiger partial charge is 0.254 e. The number of nitrogens with zero attached hydrogens (tertiary/aromatic N) is 3. The Balaban J connectivity index is 1.85. The molecule has 2 atom stereocenters. The number of sulfonamides is 1. The number of amides is 1. The van der Waals surface area contributed by atoms with Crippen molar-refractivity contribution in [3.63, 3.8) is 0 Å². The third-order valence-corrected chi connectivity index (χ3v) is 8.02. The minimum atomic E-state index is -3.73. The summed E-state index contributed by atoms with van der Waals surface area (Å²) in [5, 5.41) is 3.33. The summed E-state index contributed by atoms with van der Waals surface area (Å²) in [7, 11) is 0.930. The number of carbonyl (C=O) groups excluding carboxylic acids is 1. The molecule has 0 fully saturated rings. The summed E-state index contributed by atoms with van der Waals surface area (Å²) < 4.78 is 27.0. The van der Waals surface area contributed by atoms with Crippen LogP contribution in [-0.4, -0.2) is 56.2 Å². The van der Waals surface area contributed by atoms with Crippen LogP contribution in [-0.2, 0) is 10.0 Å². The normalized spacial score (nSPS) is 13.3. The zero-order valence-corrected chi connectivity index (χ0v) is 21.8. The molecular weight excluding hydrogens is 460 g/mol. The third-order valence-electron chi connectivity index (χ3n) is 6.22. The lowest BCUT2D eigenvalue weighted by Crippen LogP contribution is -2.30. The van der Waals surface area contributed by atoms with E-state index in [4.69, 9.17) is 0 Å². The van der Waals surface area contributed by atoms with Crippen molar-refractivity contribution in [2.75, 3.05) is 33.0 Å². The van der Waals surface area contributed by atoms with Gasteiger partial charge in [-0.1, -0.05) is 43.3 Å². The molecule has 0 radical (unpaired) electrons. The van der Waals surface area contributed by atoms with Gasteiger partial charge in [-0.2, -0.15) is 0 Å². The Morgan fingerprint density at radius 3 is 2.29 bits per heavy atom. The average molecular weight is 495 g/mol. The first-order chi connectivity index (χ1) is 16.6. The van der Waals surface area contributed by atoms with E-state index >= 15 is 0 Å². The van der Waals surface area contributed by atoms with Crippen molar-refractivity contribution < 1.29 is 13.2 Å². The Hall–Kier alpha value is -3.23. The van der Waals surface area contributed by atoms with Crippen LogP contribution in [0.4, 0.5) is 5.69 Å². The van der Waals surface area contributed by atoms with E-state index in [1.807, 2.05) is 43.3 Å². The van der Waals surface area contributed by atoms with Crippen molar-refractivity contribution in [2.24, 2.45) is 0 Å². The lowest BCUT2D eigenvalue weighted by molar-refractivity contribution is 0.0739. The highest BCUT2D eigenvalue weighted by Gasteiger charge is 2.24. The first kappa shape index (κ1) is 26.4. The molecular formula is C27H34N4O3S. The summed E-state index contributed by atoms with van der Waals surface area (Å²) >= 11 is 0. The molecule has 0 bridgehead atoms. The Bertz CT molecular complexity index is 1230.